The van der Waals surface area contributed by atoms with E-state index in [1.807, 2.05) is 41.5 Å². The van der Waals surface area contributed by atoms with Gasteiger partial charge in [-0.2, -0.15) is 0 Å². The Morgan fingerprint density at radius 3 is 2.17 bits per heavy atom. The minimum absolute atomic E-state index is 0.0856. The Hall–Kier alpha value is -3.30. The maximum absolute atomic E-state index is 12.1. The highest BCUT2D eigenvalue weighted by Crippen LogP contribution is 2.32. The van der Waals surface area contributed by atoms with Gasteiger partial charge in [0, 0.05) is 19.6 Å². The zero-order valence-corrected chi connectivity index (χ0v) is 31.6. The van der Waals surface area contributed by atoms with Gasteiger partial charge in [-0.15, -0.1) is 0 Å². The minimum atomic E-state index is -0.563. The van der Waals surface area contributed by atoms with Crippen LogP contribution in [0.25, 0.3) is 0 Å². The summed E-state index contributed by atoms with van der Waals surface area (Å²) in [5.74, 6) is 0.954. The average molecular weight is 676 g/mol. The SMILES string of the molecule is CC.CC.CCC(C)C(NCC1CCc2cccc(CCCNC=O)c2O1)C(C)=O.CCNC(=O)C(C)C(C)O.Cc1ccc(F)cc1. The zero-order chi connectivity index (χ0) is 37.1. The van der Waals surface area contributed by atoms with Crippen molar-refractivity contribution in [2.75, 3.05) is 19.6 Å². The molecule has 0 bridgehead atoms. The Balaban J connectivity index is 0. The fraction of sp³-hybridized carbons (Fsp3) is 0.615. The Morgan fingerprint density at radius 1 is 1.04 bits per heavy atom. The van der Waals surface area contributed by atoms with Crippen LogP contribution in [0.4, 0.5) is 4.39 Å². The first-order valence-corrected chi connectivity index (χ1v) is 17.8. The molecule has 274 valence electrons. The summed E-state index contributed by atoms with van der Waals surface area (Å²) in [6, 6.07) is 12.6. The van der Waals surface area contributed by atoms with Gasteiger partial charge in [0.2, 0.25) is 12.3 Å². The molecule has 5 unspecified atom stereocenters. The molecule has 0 fully saturated rings. The second kappa shape index (κ2) is 28.7. The number of amides is 2. The molecule has 5 atom stereocenters. The van der Waals surface area contributed by atoms with E-state index in [0.29, 0.717) is 25.6 Å². The van der Waals surface area contributed by atoms with Gasteiger partial charge in [0.25, 0.3) is 0 Å². The highest BCUT2D eigenvalue weighted by atomic mass is 19.1. The van der Waals surface area contributed by atoms with Gasteiger partial charge in [0.15, 0.2) is 0 Å². The van der Waals surface area contributed by atoms with Crippen LogP contribution in [0.2, 0.25) is 0 Å². The molecule has 2 aromatic carbocycles. The number of rotatable bonds is 14. The molecule has 8 nitrogen and oxygen atoms in total. The lowest BCUT2D eigenvalue weighted by Crippen LogP contribution is -2.46. The third kappa shape index (κ3) is 19.5. The van der Waals surface area contributed by atoms with E-state index in [0.717, 1.165) is 49.8 Å². The van der Waals surface area contributed by atoms with Crippen LogP contribution in [0.5, 0.6) is 5.75 Å². The van der Waals surface area contributed by atoms with Crippen molar-refractivity contribution in [1.82, 2.24) is 16.0 Å². The van der Waals surface area contributed by atoms with E-state index in [9.17, 15) is 18.8 Å². The van der Waals surface area contributed by atoms with Crippen LogP contribution in [0, 0.1) is 24.6 Å². The molecule has 9 heteroatoms. The lowest BCUT2D eigenvalue weighted by molar-refractivity contribution is -0.127. The first kappa shape index (κ1) is 46.8. The Labute approximate surface area is 291 Å². The van der Waals surface area contributed by atoms with Gasteiger partial charge in [-0.25, -0.2) is 4.39 Å². The summed E-state index contributed by atoms with van der Waals surface area (Å²) >= 11 is 0. The smallest absolute Gasteiger partial charge is 0.225 e. The fourth-order valence-electron chi connectivity index (χ4n) is 4.64. The standard InChI is InChI=1S/C21H32N2O3.C7H7F.C7H15NO2.2C2H6/c1-4-15(2)20(16(3)25)23-13-19-11-10-18-8-5-7-17(21(18)26-19)9-6-12-22-14-24;1-6-2-4-7(8)5-3-6;1-4-8-7(10)5(2)6(3)9;2*1-2/h5,7-8,14-15,19-20,23H,4,6,9-13H2,1-3H3,(H,22,24);2-5H,1H3;5-6,9H,4H2,1-3H3,(H,8,10);2*1-2H3. The van der Waals surface area contributed by atoms with Crippen molar-refractivity contribution in [1.29, 1.82) is 0 Å². The van der Waals surface area contributed by atoms with Crippen LogP contribution in [-0.4, -0.2) is 61.1 Å². The fourth-order valence-corrected chi connectivity index (χ4v) is 4.64. The number of nitrogens with one attached hydrogen (secondary N) is 3. The minimum Gasteiger partial charge on any atom is -0.489 e. The number of aliphatic hydroxyl groups excluding tert-OH is 1. The number of carbonyl (C=O) groups excluding carboxylic acids is 3. The van der Waals surface area contributed by atoms with E-state index in [4.69, 9.17) is 9.84 Å². The quantitative estimate of drug-likeness (QED) is 0.127. The van der Waals surface area contributed by atoms with Crippen LogP contribution >= 0.6 is 0 Å². The predicted molar refractivity (Wildman–Crippen MR) is 197 cm³/mol. The van der Waals surface area contributed by atoms with E-state index in [-0.39, 0.29) is 35.6 Å². The summed E-state index contributed by atoms with van der Waals surface area (Å²) < 4.78 is 18.4. The lowest BCUT2D eigenvalue weighted by atomic mass is 9.94. The summed E-state index contributed by atoms with van der Waals surface area (Å²) in [5, 5.41) is 17.7. The summed E-state index contributed by atoms with van der Waals surface area (Å²) in [7, 11) is 0. The molecule has 0 aromatic heterocycles. The predicted octanol–water partition coefficient (Wildman–Crippen LogP) is 6.98. The molecule has 2 amide bonds. The van der Waals surface area contributed by atoms with Crippen LogP contribution in [-0.2, 0) is 27.2 Å². The van der Waals surface area contributed by atoms with Gasteiger partial charge in [0.1, 0.15) is 23.5 Å². The lowest BCUT2D eigenvalue weighted by Gasteiger charge is -2.30. The molecule has 1 heterocycles. The molecule has 0 saturated heterocycles. The summed E-state index contributed by atoms with van der Waals surface area (Å²) in [4.78, 5) is 33.2. The third-order valence-electron chi connectivity index (χ3n) is 7.76. The van der Waals surface area contributed by atoms with Crippen molar-refractivity contribution in [3.8, 4) is 5.75 Å². The van der Waals surface area contributed by atoms with Crippen LogP contribution in [0.1, 0.15) is 105 Å². The monoisotopic (exact) mass is 675 g/mol. The molecule has 3 rings (SSSR count). The molecular formula is C39H66FN3O5. The third-order valence-corrected chi connectivity index (χ3v) is 7.76. The van der Waals surface area contributed by atoms with E-state index in [1.54, 1.807) is 32.9 Å². The Morgan fingerprint density at radius 2 is 1.67 bits per heavy atom. The van der Waals surface area contributed by atoms with Crippen molar-refractivity contribution in [3.05, 3.63) is 65.0 Å². The molecule has 1 aliphatic heterocycles. The first-order valence-electron chi connectivity index (χ1n) is 17.8. The van der Waals surface area contributed by atoms with Crippen molar-refractivity contribution in [2.24, 2.45) is 11.8 Å². The number of halogens is 1. The molecule has 0 saturated carbocycles. The van der Waals surface area contributed by atoms with Gasteiger partial charge >= 0.3 is 0 Å². The van der Waals surface area contributed by atoms with Crippen LogP contribution < -0.4 is 20.7 Å². The molecular weight excluding hydrogens is 609 g/mol. The normalized spacial score (nSPS) is 15.1. The highest BCUT2D eigenvalue weighted by molar-refractivity contribution is 5.81. The molecule has 48 heavy (non-hydrogen) atoms. The number of hydrogen-bond acceptors (Lipinski definition) is 6. The number of ether oxygens (including phenoxy) is 1. The molecule has 2 aromatic rings. The molecule has 0 aliphatic carbocycles. The van der Waals surface area contributed by atoms with Crippen molar-refractivity contribution < 1.29 is 28.6 Å². The highest BCUT2D eigenvalue weighted by Gasteiger charge is 2.25. The number of ketones is 1. The van der Waals surface area contributed by atoms with Gasteiger partial charge in [-0.3, -0.25) is 14.4 Å². The Kier molecular flexibility index (Phi) is 28.0. The van der Waals surface area contributed by atoms with Gasteiger partial charge in [-0.1, -0.05) is 90.8 Å². The Bertz CT molecular complexity index is 1110. The number of fused-ring (bicyclic) bond motifs is 1. The molecule has 0 spiro atoms. The average Bonchev–Trinajstić information content (AvgIpc) is 3.10. The number of carbonyl (C=O) groups is 3. The summed E-state index contributed by atoms with van der Waals surface area (Å²) in [5.41, 5.74) is 3.54. The zero-order valence-electron chi connectivity index (χ0n) is 31.6. The maximum atomic E-state index is 12.1. The van der Waals surface area contributed by atoms with Gasteiger partial charge in [-0.05, 0) is 82.6 Å². The van der Waals surface area contributed by atoms with Crippen molar-refractivity contribution in [2.45, 2.75) is 127 Å². The largest absolute Gasteiger partial charge is 0.489 e. The summed E-state index contributed by atoms with van der Waals surface area (Å²) in [6.07, 6.45) is 4.97. The van der Waals surface area contributed by atoms with Crippen LogP contribution in [0.3, 0.4) is 0 Å². The first-order chi connectivity index (χ1) is 22.9. The topological polar surface area (TPSA) is 117 Å². The number of hydrogen-bond donors (Lipinski definition) is 4. The number of benzene rings is 2. The summed E-state index contributed by atoms with van der Waals surface area (Å²) in [6.45, 7) is 23.0. The maximum Gasteiger partial charge on any atom is 0.225 e. The van der Waals surface area contributed by atoms with Crippen molar-refractivity contribution in [3.63, 3.8) is 0 Å². The molecule has 0 radical (unpaired) electrons. The number of Topliss-reactive ketones (excluding diaryl/α,β-unsaturated/α-hetero) is 1. The number of aliphatic hydroxyl groups is 1. The van der Waals surface area contributed by atoms with E-state index in [1.165, 1.54) is 23.3 Å². The van der Waals surface area contributed by atoms with Crippen molar-refractivity contribution >= 4 is 18.1 Å². The molecule has 1 aliphatic rings. The number of para-hydroxylation sites is 1. The second-order valence-corrected chi connectivity index (χ2v) is 11.5. The van der Waals surface area contributed by atoms with Crippen LogP contribution in [0.15, 0.2) is 42.5 Å². The van der Waals surface area contributed by atoms with Gasteiger partial charge < -0.3 is 25.8 Å². The van der Waals surface area contributed by atoms with Gasteiger partial charge in [0.05, 0.1) is 18.1 Å². The number of aryl methyl sites for hydroxylation is 3. The van der Waals surface area contributed by atoms with E-state index in [2.05, 4.69) is 48.0 Å². The second-order valence-electron chi connectivity index (χ2n) is 11.5. The molecule has 4 N–H and O–H groups in total. The van der Waals surface area contributed by atoms with E-state index >= 15 is 0 Å². The van der Waals surface area contributed by atoms with E-state index < -0.39 is 6.10 Å².